The predicted octanol–water partition coefficient (Wildman–Crippen LogP) is 9.61. The van der Waals surface area contributed by atoms with Crippen LogP contribution < -0.4 is 9.64 Å². The summed E-state index contributed by atoms with van der Waals surface area (Å²) in [5.41, 5.74) is 2.83. The van der Waals surface area contributed by atoms with E-state index in [9.17, 15) is 23.1 Å². The SMILES string of the molecule is Cl.Cl.O=C(O)C1CCN(c2cccc(OCCCN(Cc3cccc(C(F)(F)F)c3Cl)CC(c3ccccc3)c3ccccc3)c2)CC1. The predicted molar refractivity (Wildman–Crippen MR) is 190 cm³/mol. The number of anilines is 1. The van der Waals surface area contributed by atoms with E-state index in [-0.39, 0.29) is 48.2 Å². The third kappa shape index (κ3) is 10.5. The number of carboxylic acid groups (broad SMARTS) is 1. The average molecular weight is 724 g/mol. The fourth-order valence-electron chi connectivity index (χ4n) is 6.06. The van der Waals surface area contributed by atoms with E-state index in [0.29, 0.717) is 57.6 Å². The van der Waals surface area contributed by atoms with Crippen LogP contribution in [0.15, 0.2) is 103 Å². The molecule has 1 aliphatic heterocycles. The Morgan fingerprint density at radius 1 is 0.896 bits per heavy atom. The van der Waals surface area contributed by atoms with Crippen LogP contribution in [-0.2, 0) is 17.5 Å². The van der Waals surface area contributed by atoms with Gasteiger partial charge in [0.05, 0.1) is 23.1 Å². The highest BCUT2D eigenvalue weighted by Crippen LogP contribution is 2.37. The van der Waals surface area contributed by atoms with Gasteiger partial charge < -0.3 is 14.7 Å². The van der Waals surface area contributed by atoms with Gasteiger partial charge in [-0.1, -0.05) is 90.5 Å². The van der Waals surface area contributed by atoms with Crippen LogP contribution in [0.4, 0.5) is 18.9 Å². The van der Waals surface area contributed by atoms with E-state index in [1.165, 1.54) is 6.07 Å². The van der Waals surface area contributed by atoms with E-state index in [2.05, 4.69) is 34.1 Å². The van der Waals surface area contributed by atoms with Gasteiger partial charge in [0.15, 0.2) is 0 Å². The van der Waals surface area contributed by atoms with Crippen LogP contribution >= 0.6 is 36.4 Å². The van der Waals surface area contributed by atoms with Crippen LogP contribution in [0.25, 0.3) is 0 Å². The first-order valence-electron chi connectivity index (χ1n) is 15.6. The average Bonchev–Trinajstić information content (AvgIpc) is 3.06. The molecule has 0 radical (unpaired) electrons. The molecule has 4 aromatic carbocycles. The molecule has 0 atom stereocenters. The number of ether oxygens (including phenoxy) is 1. The monoisotopic (exact) mass is 722 g/mol. The van der Waals surface area contributed by atoms with Crippen LogP contribution in [-0.4, -0.2) is 48.8 Å². The highest BCUT2D eigenvalue weighted by Gasteiger charge is 2.34. The van der Waals surface area contributed by atoms with E-state index in [1.54, 1.807) is 6.07 Å². The normalized spacial score (nSPS) is 13.6. The Morgan fingerprint density at radius 3 is 2.08 bits per heavy atom. The smallest absolute Gasteiger partial charge is 0.417 e. The van der Waals surface area contributed by atoms with Gasteiger partial charge >= 0.3 is 12.1 Å². The van der Waals surface area contributed by atoms with Gasteiger partial charge in [0.1, 0.15) is 5.75 Å². The summed E-state index contributed by atoms with van der Waals surface area (Å²) in [4.78, 5) is 15.7. The van der Waals surface area contributed by atoms with Crippen molar-refractivity contribution in [3.63, 3.8) is 0 Å². The van der Waals surface area contributed by atoms with E-state index in [1.807, 2.05) is 60.7 Å². The first-order valence-corrected chi connectivity index (χ1v) is 15.9. The molecule has 48 heavy (non-hydrogen) atoms. The highest BCUT2D eigenvalue weighted by atomic mass is 35.5. The molecule has 1 heterocycles. The molecule has 0 amide bonds. The van der Waals surface area contributed by atoms with Gasteiger partial charge in [-0.15, -0.1) is 24.8 Å². The molecule has 258 valence electrons. The van der Waals surface area contributed by atoms with Crippen molar-refractivity contribution < 1.29 is 27.8 Å². The lowest BCUT2D eigenvalue weighted by molar-refractivity contribution is -0.142. The number of carboxylic acids is 1. The van der Waals surface area contributed by atoms with Crippen molar-refractivity contribution in [1.29, 1.82) is 0 Å². The molecule has 4 aromatic rings. The molecule has 0 unspecified atom stereocenters. The number of nitrogens with zero attached hydrogens (tertiary/aromatic N) is 2. The number of hydrogen-bond acceptors (Lipinski definition) is 4. The second-order valence-corrected chi connectivity index (χ2v) is 12.1. The quantitative estimate of drug-likeness (QED) is 0.139. The van der Waals surface area contributed by atoms with Crippen LogP contribution in [0.1, 0.15) is 47.4 Å². The number of rotatable bonds is 13. The van der Waals surface area contributed by atoms with Gasteiger partial charge in [-0.2, -0.15) is 13.2 Å². The number of hydrogen-bond donors (Lipinski definition) is 1. The molecule has 1 fully saturated rings. The molecular weight excluding hydrogens is 684 g/mol. The third-order valence-electron chi connectivity index (χ3n) is 8.54. The lowest BCUT2D eigenvalue weighted by atomic mass is 9.90. The molecule has 11 heteroatoms. The topological polar surface area (TPSA) is 53.0 Å². The van der Waals surface area contributed by atoms with Gasteiger partial charge in [0.25, 0.3) is 0 Å². The van der Waals surface area contributed by atoms with Gasteiger partial charge in [-0.25, -0.2) is 0 Å². The maximum atomic E-state index is 13.7. The van der Waals surface area contributed by atoms with Gasteiger partial charge in [0, 0.05) is 50.4 Å². The van der Waals surface area contributed by atoms with Crippen molar-refractivity contribution in [2.24, 2.45) is 5.92 Å². The Balaban J connectivity index is 0.00000312. The van der Waals surface area contributed by atoms with Gasteiger partial charge in [-0.3, -0.25) is 9.69 Å². The van der Waals surface area contributed by atoms with Gasteiger partial charge in [-0.05, 0) is 54.2 Å². The van der Waals surface area contributed by atoms with Crippen molar-refractivity contribution in [1.82, 2.24) is 4.90 Å². The standard InChI is InChI=1S/C37H38ClF3N2O3.2ClH/c38-35-30(14-7-17-34(35)37(39,40)41)25-42(26-33(27-10-3-1-4-11-27)28-12-5-2-6-13-28)20-9-23-46-32-16-8-15-31(24-32)43-21-18-29(19-22-43)36(44)45;;/h1-8,10-17,24,29,33H,9,18-23,25-26H2,(H,44,45);2*1H. The minimum Gasteiger partial charge on any atom is -0.493 e. The number of piperidine rings is 1. The van der Waals surface area contributed by atoms with Crippen molar-refractivity contribution in [3.05, 3.63) is 130 Å². The first-order chi connectivity index (χ1) is 22.2. The first kappa shape index (κ1) is 39.0. The molecule has 1 saturated heterocycles. The molecule has 0 saturated carbocycles. The number of carbonyl (C=O) groups is 1. The number of aliphatic carboxylic acids is 1. The maximum absolute atomic E-state index is 13.7. The van der Waals surface area contributed by atoms with E-state index in [4.69, 9.17) is 16.3 Å². The lowest BCUT2D eigenvalue weighted by Crippen LogP contribution is -2.36. The van der Waals surface area contributed by atoms with Crippen molar-refractivity contribution in [2.75, 3.05) is 37.7 Å². The summed E-state index contributed by atoms with van der Waals surface area (Å²) in [6.07, 6.45) is -2.68. The number of benzene rings is 4. The summed E-state index contributed by atoms with van der Waals surface area (Å²) < 4.78 is 47.2. The molecular formula is C37H40Cl3F3N2O3. The molecule has 5 nitrogen and oxygen atoms in total. The van der Waals surface area contributed by atoms with Crippen molar-refractivity contribution >= 4 is 48.1 Å². The summed E-state index contributed by atoms with van der Waals surface area (Å²) in [5.74, 6) is -0.320. The molecule has 0 aliphatic carbocycles. The van der Waals surface area contributed by atoms with Gasteiger partial charge in [0.2, 0.25) is 0 Å². The second kappa shape index (κ2) is 18.4. The Hall–Kier alpha value is -3.43. The van der Waals surface area contributed by atoms with Crippen molar-refractivity contribution in [3.8, 4) is 5.75 Å². The molecule has 0 bridgehead atoms. The molecule has 1 N–H and O–H groups in total. The molecule has 0 spiro atoms. The van der Waals surface area contributed by atoms with E-state index < -0.39 is 17.7 Å². The summed E-state index contributed by atoms with van der Waals surface area (Å²) in [6, 6.07) is 32.1. The number of alkyl halides is 3. The number of halogens is 6. The lowest BCUT2D eigenvalue weighted by Gasteiger charge is -2.32. The molecule has 0 aromatic heterocycles. The fourth-order valence-corrected chi connectivity index (χ4v) is 6.35. The zero-order valence-corrected chi connectivity index (χ0v) is 28.7. The van der Waals surface area contributed by atoms with E-state index in [0.717, 1.165) is 28.6 Å². The summed E-state index contributed by atoms with van der Waals surface area (Å²) in [7, 11) is 0. The Morgan fingerprint density at radius 2 is 1.50 bits per heavy atom. The Labute approximate surface area is 297 Å². The second-order valence-electron chi connectivity index (χ2n) is 11.7. The summed E-state index contributed by atoms with van der Waals surface area (Å²) in [5, 5.41) is 9.04. The summed E-state index contributed by atoms with van der Waals surface area (Å²) in [6.45, 7) is 3.17. The van der Waals surface area contributed by atoms with Crippen LogP contribution in [0.5, 0.6) is 5.75 Å². The maximum Gasteiger partial charge on any atom is 0.417 e. The Bertz CT molecular complexity index is 1530. The molecule has 5 rings (SSSR count). The minimum absolute atomic E-state index is 0. The van der Waals surface area contributed by atoms with Crippen LogP contribution in [0.2, 0.25) is 5.02 Å². The zero-order valence-electron chi connectivity index (χ0n) is 26.3. The zero-order chi connectivity index (χ0) is 32.5. The molecule has 1 aliphatic rings. The van der Waals surface area contributed by atoms with Crippen LogP contribution in [0.3, 0.4) is 0 Å². The minimum atomic E-state index is -4.54. The van der Waals surface area contributed by atoms with E-state index >= 15 is 0 Å². The van der Waals surface area contributed by atoms with Crippen LogP contribution in [0, 0.1) is 5.92 Å². The summed E-state index contributed by atoms with van der Waals surface area (Å²) >= 11 is 6.35. The third-order valence-corrected chi connectivity index (χ3v) is 8.98. The highest BCUT2D eigenvalue weighted by molar-refractivity contribution is 6.32. The fraction of sp³-hybridized carbons (Fsp3) is 0.324. The largest absolute Gasteiger partial charge is 0.493 e. The Kier molecular flexibility index (Phi) is 14.9. The van der Waals surface area contributed by atoms with Crippen molar-refractivity contribution in [2.45, 2.75) is 37.9 Å².